The molecule has 0 saturated heterocycles. The average molecular weight is 461 g/mol. The van der Waals surface area contributed by atoms with Crippen LogP contribution >= 0.6 is 11.6 Å². The maximum Gasteiger partial charge on any atom is 0.289 e. The average Bonchev–Trinajstić information content (AvgIpc) is 3.33. The number of nitrogens with one attached hydrogen (secondary N) is 2. The molecule has 0 atom stereocenters. The zero-order valence-corrected chi connectivity index (χ0v) is 18.5. The normalized spacial score (nSPS) is 11.3. The number of aromatic hydroxyl groups is 1. The third-order valence-electron chi connectivity index (χ3n) is 4.94. The molecule has 8 heteroatoms. The van der Waals surface area contributed by atoms with E-state index in [1.165, 1.54) is 0 Å². The Balaban J connectivity index is 1.38. The quantitative estimate of drug-likeness (QED) is 0.261. The molecule has 0 radical (unpaired) electrons. The van der Waals surface area contributed by atoms with E-state index in [1.54, 1.807) is 37.3 Å². The molecule has 0 saturated carbocycles. The second kappa shape index (κ2) is 10.0. The first kappa shape index (κ1) is 22.1. The van der Waals surface area contributed by atoms with E-state index in [0.717, 1.165) is 11.1 Å². The molecular formula is C25H21ClN4O3. The number of carbonyl (C=O) groups is 1. The Morgan fingerprint density at radius 2 is 1.82 bits per heavy atom. The molecule has 0 aliphatic rings. The number of hydrazone groups is 1. The van der Waals surface area contributed by atoms with Gasteiger partial charge in [0.1, 0.15) is 23.8 Å². The second-order valence-corrected chi connectivity index (χ2v) is 7.63. The third kappa shape index (κ3) is 5.39. The van der Waals surface area contributed by atoms with E-state index in [0.29, 0.717) is 34.3 Å². The van der Waals surface area contributed by atoms with Crippen LogP contribution in [-0.4, -0.2) is 26.9 Å². The molecule has 3 aromatic carbocycles. The number of phenolic OH excluding ortho intramolecular Hbond substituents is 1. The van der Waals surface area contributed by atoms with Gasteiger partial charge in [0.15, 0.2) is 0 Å². The first-order valence-electron chi connectivity index (χ1n) is 10.2. The summed E-state index contributed by atoms with van der Waals surface area (Å²) in [7, 11) is 0. The number of aromatic nitrogens is 2. The standard InChI is InChI=1S/C25H21ClN4O3/c1-16(20-7-3-5-9-24(20)31)27-30-25(32)23-14-22(28-29-23)17-10-12-19(13-11-17)33-15-18-6-2-4-8-21(18)26/h2-14,31H,15H2,1H3,(H,28,29)(H,30,32)/b27-16+. The van der Waals surface area contributed by atoms with E-state index in [2.05, 4.69) is 20.7 Å². The van der Waals surface area contributed by atoms with Gasteiger partial charge in [-0.25, -0.2) is 5.43 Å². The molecule has 4 rings (SSSR count). The van der Waals surface area contributed by atoms with Crippen molar-refractivity contribution < 1.29 is 14.6 Å². The van der Waals surface area contributed by atoms with Gasteiger partial charge in [-0.3, -0.25) is 9.89 Å². The molecule has 7 nitrogen and oxygen atoms in total. The molecule has 3 N–H and O–H groups in total. The van der Waals surface area contributed by atoms with E-state index in [-0.39, 0.29) is 11.4 Å². The van der Waals surface area contributed by atoms with Crippen molar-refractivity contribution in [1.82, 2.24) is 15.6 Å². The minimum atomic E-state index is -0.441. The summed E-state index contributed by atoms with van der Waals surface area (Å²) in [5, 5.41) is 21.5. The number of amides is 1. The number of carbonyl (C=O) groups excluding carboxylic acids is 1. The van der Waals surface area contributed by atoms with Crippen LogP contribution < -0.4 is 10.2 Å². The SMILES string of the molecule is C/C(=N\NC(=O)c1cc(-c2ccc(OCc3ccccc3Cl)cc2)n[nH]1)c1ccccc1O. The monoisotopic (exact) mass is 460 g/mol. The molecule has 1 amide bonds. The van der Waals surface area contributed by atoms with Crippen molar-refractivity contribution in [3.63, 3.8) is 0 Å². The van der Waals surface area contributed by atoms with Crippen LogP contribution in [0.4, 0.5) is 0 Å². The van der Waals surface area contributed by atoms with Crippen molar-refractivity contribution in [2.45, 2.75) is 13.5 Å². The van der Waals surface area contributed by atoms with Gasteiger partial charge >= 0.3 is 0 Å². The van der Waals surface area contributed by atoms with Crippen LogP contribution in [0.1, 0.15) is 28.5 Å². The van der Waals surface area contributed by atoms with Gasteiger partial charge in [-0.15, -0.1) is 0 Å². The summed E-state index contributed by atoms with van der Waals surface area (Å²) < 4.78 is 5.80. The number of ether oxygens (including phenoxy) is 1. The summed E-state index contributed by atoms with van der Waals surface area (Å²) in [4.78, 5) is 12.4. The summed E-state index contributed by atoms with van der Waals surface area (Å²) >= 11 is 6.16. The molecule has 0 aliphatic carbocycles. The van der Waals surface area contributed by atoms with Crippen LogP contribution in [0.5, 0.6) is 11.5 Å². The molecule has 166 valence electrons. The van der Waals surface area contributed by atoms with Crippen LogP contribution in [0.3, 0.4) is 0 Å². The third-order valence-corrected chi connectivity index (χ3v) is 5.31. The molecular weight excluding hydrogens is 440 g/mol. The molecule has 4 aromatic rings. The second-order valence-electron chi connectivity index (χ2n) is 7.23. The summed E-state index contributed by atoms with van der Waals surface area (Å²) in [6.45, 7) is 2.07. The minimum Gasteiger partial charge on any atom is -0.507 e. The van der Waals surface area contributed by atoms with E-state index in [9.17, 15) is 9.90 Å². The molecule has 0 spiro atoms. The molecule has 0 unspecified atom stereocenters. The number of benzene rings is 3. The van der Waals surface area contributed by atoms with E-state index in [4.69, 9.17) is 16.3 Å². The van der Waals surface area contributed by atoms with Crippen LogP contribution in [-0.2, 0) is 6.61 Å². The van der Waals surface area contributed by atoms with Crippen LogP contribution in [0.25, 0.3) is 11.3 Å². The maximum atomic E-state index is 12.4. The van der Waals surface area contributed by atoms with E-state index >= 15 is 0 Å². The van der Waals surface area contributed by atoms with Crippen molar-refractivity contribution in [1.29, 1.82) is 0 Å². The Morgan fingerprint density at radius 1 is 1.09 bits per heavy atom. The number of rotatable bonds is 7. The highest BCUT2D eigenvalue weighted by Gasteiger charge is 2.12. The number of hydrogen-bond acceptors (Lipinski definition) is 5. The van der Waals surface area contributed by atoms with Gasteiger partial charge in [0.05, 0.1) is 11.4 Å². The molecule has 0 aliphatic heterocycles. The summed E-state index contributed by atoms with van der Waals surface area (Å²) in [6, 6.07) is 23.3. The molecule has 33 heavy (non-hydrogen) atoms. The van der Waals surface area contributed by atoms with Gasteiger partial charge in [-0.1, -0.05) is 41.9 Å². The highest BCUT2D eigenvalue weighted by molar-refractivity contribution is 6.31. The fraction of sp³-hybridized carbons (Fsp3) is 0.0800. The first-order chi connectivity index (χ1) is 16.0. The predicted octanol–water partition coefficient (Wildman–Crippen LogP) is 5.17. The van der Waals surface area contributed by atoms with Gasteiger partial charge in [-0.05, 0) is 55.5 Å². The van der Waals surface area contributed by atoms with Crippen molar-refractivity contribution in [3.8, 4) is 22.8 Å². The van der Waals surface area contributed by atoms with Gasteiger partial charge in [0.2, 0.25) is 0 Å². The van der Waals surface area contributed by atoms with Gasteiger partial charge in [0, 0.05) is 21.7 Å². The van der Waals surface area contributed by atoms with Crippen LogP contribution in [0, 0.1) is 0 Å². The Kier molecular flexibility index (Phi) is 6.71. The number of para-hydroxylation sites is 1. The van der Waals surface area contributed by atoms with Crippen molar-refractivity contribution in [3.05, 3.63) is 101 Å². The number of hydrogen-bond donors (Lipinski definition) is 3. The minimum absolute atomic E-state index is 0.0936. The lowest BCUT2D eigenvalue weighted by Gasteiger charge is -2.08. The van der Waals surface area contributed by atoms with Crippen molar-refractivity contribution in [2.75, 3.05) is 0 Å². The Labute approximate surface area is 195 Å². The molecule has 0 bridgehead atoms. The Bertz CT molecular complexity index is 1300. The highest BCUT2D eigenvalue weighted by atomic mass is 35.5. The van der Waals surface area contributed by atoms with Crippen LogP contribution in [0.2, 0.25) is 5.02 Å². The first-order valence-corrected chi connectivity index (χ1v) is 10.5. The van der Waals surface area contributed by atoms with Gasteiger partial charge in [0.25, 0.3) is 5.91 Å². The fourth-order valence-corrected chi connectivity index (χ4v) is 3.31. The number of halogens is 1. The zero-order chi connectivity index (χ0) is 23.2. The van der Waals surface area contributed by atoms with Crippen molar-refractivity contribution >= 4 is 23.2 Å². The highest BCUT2D eigenvalue weighted by Crippen LogP contribution is 2.23. The Hall–Kier alpha value is -4.10. The topological polar surface area (TPSA) is 99.6 Å². The summed E-state index contributed by atoms with van der Waals surface area (Å²) in [5.41, 5.74) is 6.10. The lowest BCUT2D eigenvalue weighted by molar-refractivity contribution is 0.0950. The maximum absolute atomic E-state index is 12.4. The largest absolute Gasteiger partial charge is 0.507 e. The molecule has 0 fully saturated rings. The smallest absolute Gasteiger partial charge is 0.289 e. The van der Waals surface area contributed by atoms with Gasteiger partial charge < -0.3 is 9.84 Å². The van der Waals surface area contributed by atoms with Crippen molar-refractivity contribution in [2.24, 2.45) is 5.10 Å². The molecule has 1 aromatic heterocycles. The number of aromatic amines is 1. The van der Waals surface area contributed by atoms with Crippen LogP contribution in [0.15, 0.2) is 84.0 Å². The predicted molar refractivity (Wildman–Crippen MR) is 128 cm³/mol. The van der Waals surface area contributed by atoms with E-state index < -0.39 is 5.91 Å². The zero-order valence-electron chi connectivity index (χ0n) is 17.7. The number of nitrogens with zero attached hydrogens (tertiary/aromatic N) is 2. The number of phenols is 1. The summed E-state index contributed by atoms with van der Waals surface area (Å²) in [6.07, 6.45) is 0. The lowest BCUT2D eigenvalue weighted by Crippen LogP contribution is -2.19. The fourth-order valence-electron chi connectivity index (χ4n) is 3.12. The summed E-state index contributed by atoms with van der Waals surface area (Å²) in [5.74, 6) is 0.348. The number of H-pyrrole nitrogens is 1. The molecule has 1 heterocycles. The van der Waals surface area contributed by atoms with Gasteiger partial charge in [-0.2, -0.15) is 10.2 Å². The lowest BCUT2D eigenvalue weighted by atomic mass is 10.1. The Morgan fingerprint density at radius 3 is 2.58 bits per heavy atom. The van der Waals surface area contributed by atoms with E-state index in [1.807, 2.05) is 48.5 Å².